The Balaban J connectivity index is 1.43. The minimum atomic E-state index is -0.0216. The minimum Gasteiger partial charge on any atom is -0.486 e. The molecule has 3 heterocycles. The maximum Gasteiger partial charge on any atom is 0.255 e. The molecule has 0 bridgehead atoms. The van der Waals surface area contributed by atoms with Gasteiger partial charge >= 0.3 is 0 Å². The first-order chi connectivity index (χ1) is 12.3. The van der Waals surface area contributed by atoms with Gasteiger partial charge in [-0.05, 0) is 49.9 Å². The Morgan fingerprint density at radius 2 is 1.92 bits per heavy atom. The molecule has 2 aliphatic rings. The van der Waals surface area contributed by atoms with E-state index in [0.29, 0.717) is 13.0 Å². The van der Waals surface area contributed by atoms with Crippen LogP contribution in [-0.2, 0) is 6.42 Å². The lowest BCUT2D eigenvalue weighted by molar-refractivity contribution is 0.0785. The van der Waals surface area contributed by atoms with Crippen molar-refractivity contribution in [3.8, 4) is 11.5 Å². The molecular weight excluding hydrogens is 316 g/mol. The van der Waals surface area contributed by atoms with E-state index in [9.17, 15) is 4.79 Å². The van der Waals surface area contributed by atoms with Crippen LogP contribution in [-0.4, -0.2) is 41.6 Å². The first-order valence-electron chi connectivity index (χ1n) is 8.93. The second-order valence-corrected chi connectivity index (χ2v) is 6.53. The zero-order valence-electron chi connectivity index (χ0n) is 14.2. The molecule has 1 saturated heterocycles. The third kappa shape index (κ3) is 3.45. The van der Waals surface area contributed by atoms with Crippen molar-refractivity contribution in [1.29, 1.82) is 0 Å². The molecule has 4 rings (SSSR count). The number of rotatable bonds is 4. The quantitative estimate of drug-likeness (QED) is 0.860. The number of amides is 1. The third-order valence-corrected chi connectivity index (χ3v) is 4.78. The number of pyridine rings is 1. The Morgan fingerprint density at radius 3 is 2.76 bits per heavy atom. The molecule has 5 nitrogen and oxygen atoms in total. The number of benzene rings is 1. The van der Waals surface area contributed by atoms with E-state index in [1.54, 1.807) is 6.20 Å². The molecule has 0 N–H and O–H groups in total. The normalized spacial score (nSPS) is 19.0. The highest BCUT2D eigenvalue weighted by atomic mass is 16.6. The van der Waals surface area contributed by atoms with E-state index in [4.69, 9.17) is 9.47 Å². The average molecular weight is 338 g/mol. The maximum absolute atomic E-state index is 12.7. The van der Waals surface area contributed by atoms with Crippen LogP contribution in [0, 0.1) is 0 Å². The van der Waals surface area contributed by atoms with E-state index < -0.39 is 0 Å². The number of hydrogen-bond acceptors (Lipinski definition) is 4. The van der Waals surface area contributed by atoms with Gasteiger partial charge in [-0.2, -0.15) is 0 Å². The Hall–Kier alpha value is -2.56. The van der Waals surface area contributed by atoms with Gasteiger partial charge in [-0.15, -0.1) is 0 Å². The molecule has 0 spiro atoms. The van der Waals surface area contributed by atoms with E-state index in [0.717, 1.165) is 55.1 Å². The van der Waals surface area contributed by atoms with Crippen molar-refractivity contribution in [3.63, 3.8) is 0 Å². The number of likely N-dealkylation sites (tertiary alicyclic amines) is 1. The van der Waals surface area contributed by atoms with Crippen LogP contribution in [0.5, 0.6) is 11.5 Å². The van der Waals surface area contributed by atoms with Crippen molar-refractivity contribution in [2.45, 2.75) is 31.8 Å². The zero-order chi connectivity index (χ0) is 17.1. The first kappa shape index (κ1) is 15.9. The highest BCUT2D eigenvalue weighted by Crippen LogP contribution is 2.32. The average Bonchev–Trinajstić information content (AvgIpc) is 3.21. The second kappa shape index (κ2) is 7.13. The Morgan fingerprint density at radius 1 is 1.12 bits per heavy atom. The predicted molar refractivity (Wildman–Crippen MR) is 94.0 cm³/mol. The van der Waals surface area contributed by atoms with E-state index in [1.807, 2.05) is 41.3 Å². The molecule has 2 aromatic rings. The lowest BCUT2D eigenvalue weighted by Gasteiger charge is -2.26. The Labute approximate surface area is 147 Å². The number of carbonyl (C=O) groups is 1. The standard InChI is InChI=1S/C20H22N2O3/c23-20(22-12-3-4-13-22)16-6-5-11-21-17(16)10-9-15-14-24-18-7-1-2-8-19(18)25-15/h1-2,5-8,11,15H,3-4,9-10,12-14H2/t15-/m0/s1. The first-order valence-corrected chi connectivity index (χ1v) is 8.93. The number of para-hydroxylation sites is 2. The summed E-state index contributed by atoms with van der Waals surface area (Å²) in [4.78, 5) is 19.1. The molecule has 0 aliphatic carbocycles. The van der Waals surface area contributed by atoms with E-state index in [-0.39, 0.29) is 12.0 Å². The van der Waals surface area contributed by atoms with Gasteiger partial charge in [0.1, 0.15) is 12.7 Å². The van der Waals surface area contributed by atoms with Gasteiger partial charge in [-0.25, -0.2) is 0 Å². The van der Waals surface area contributed by atoms with Crippen LogP contribution in [0.2, 0.25) is 0 Å². The molecule has 1 atom stereocenters. The number of fused-ring (bicyclic) bond motifs is 1. The summed E-state index contributed by atoms with van der Waals surface area (Å²) in [7, 11) is 0. The molecule has 5 heteroatoms. The van der Waals surface area contributed by atoms with Crippen LogP contribution < -0.4 is 9.47 Å². The van der Waals surface area contributed by atoms with Crippen molar-refractivity contribution >= 4 is 5.91 Å². The smallest absolute Gasteiger partial charge is 0.255 e. The Bertz CT molecular complexity index is 756. The molecule has 1 aromatic heterocycles. The summed E-state index contributed by atoms with van der Waals surface area (Å²) in [5.74, 6) is 1.68. The van der Waals surface area contributed by atoms with Gasteiger partial charge in [0.2, 0.25) is 0 Å². The summed E-state index contributed by atoms with van der Waals surface area (Å²) in [5.41, 5.74) is 1.57. The fraction of sp³-hybridized carbons (Fsp3) is 0.400. The summed E-state index contributed by atoms with van der Waals surface area (Å²) in [5, 5.41) is 0. The van der Waals surface area contributed by atoms with Crippen LogP contribution in [0.3, 0.4) is 0 Å². The summed E-state index contributed by atoms with van der Waals surface area (Å²) in [6.07, 6.45) is 5.38. The summed E-state index contributed by atoms with van der Waals surface area (Å²) >= 11 is 0. The number of aryl methyl sites for hydroxylation is 1. The topological polar surface area (TPSA) is 51.7 Å². The largest absolute Gasteiger partial charge is 0.486 e. The van der Waals surface area contributed by atoms with E-state index >= 15 is 0 Å². The van der Waals surface area contributed by atoms with Gasteiger partial charge in [0.15, 0.2) is 11.5 Å². The van der Waals surface area contributed by atoms with E-state index in [2.05, 4.69) is 4.98 Å². The summed E-state index contributed by atoms with van der Waals surface area (Å²) < 4.78 is 11.8. The highest BCUT2D eigenvalue weighted by molar-refractivity contribution is 5.95. The van der Waals surface area contributed by atoms with Crippen LogP contribution in [0.25, 0.3) is 0 Å². The minimum absolute atomic E-state index is 0.0216. The van der Waals surface area contributed by atoms with Crippen LogP contribution in [0.15, 0.2) is 42.6 Å². The van der Waals surface area contributed by atoms with Crippen molar-refractivity contribution in [1.82, 2.24) is 9.88 Å². The SMILES string of the molecule is O=C(c1cccnc1CC[C@H]1COc2ccccc2O1)N1CCCC1. The number of nitrogens with zero attached hydrogens (tertiary/aromatic N) is 2. The number of carbonyl (C=O) groups excluding carboxylic acids is 1. The summed E-state index contributed by atoms with van der Waals surface area (Å²) in [6, 6.07) is 11.4. The molecule has 2 aliphatic heterocycles. The van der Waals surface area contributed by atoms with Crippen LogP contribution >= 0.6 is 0 Å². The maximum atomic E-state index is 12.7. The van der Waals surface area contributed by atoms with Crippen molar-refractivity contribution in [2.24, 2.45) is 0 Å². The fourth-order valence-corrected chi connectivity index (χ4v) is 3.43. The van der Waals surface area contributed by atoms with Crippen LogP contribution in [0.1, 0.15) is 35.3 Å². The number of ether oxygens (including phenoxy) is 2. The van der Waals surface area contributed by atoms with Crippen molar-refractivity contribution in [3.05, 3.63) is 53.9 Å². The molecule has 0 radical (unpaired) electrons. The van der Waals surface area contributed by atoms with Gasteiger partial charge in [-0.3, -0.25) is 9.78 Å². The molecule has 0 unspecified atom stereocenters. The van der Waals surface area contributed by atoms with E-state index in [1.165, 1.54) is 0 Å². The Kier molecular flexibility index (Phi) is 4.55. The predicted octanol–water partition coefficient (Wildman–Crippen LogP) is 3.09. The van der Waals surface area contributed by atoms with Gasteiger partial charge in [-0.1, -0.05) is 12.1 Å². The summed E-state index contributed by atoms with van der Waals surface area (Å²) in [6.45, 7) is 2.23. The molecule has 130 valence electrons. The van der Waals surface area contributed by atoms with Gasteiger partial charge in [0.05, 0.1) is 11.3 Å². The molecular formula is C20H22N2O3. The van der Waals surface area contributed by atoms with Crippen molar-refractivity contribution in [2.75, 3.05) is 19.7 Å². The molecule has 25 heavy (non-hydrogen) atoms. The van der Waals surface area contributed by atoms with Crippen molar-refractivity contribution < 1.29 is 14.3 Å². The molecule has 1 amide bonds. The zero-order valence-corrected chi connectivity index (χ0v) is 14.2. The molecule has 1 fully saturated rings. The highest BCUT2D eigenvalue weighted by Gasteiger charge is 2.24. The second-order valence-electron chi connectivity index (χ2n) is 6.53. The lowest BCUT2D eigenvalue weighted by Crippen LogP contribution is -2.31. The monoisotopic (exact) mass is 338 g/mol. The molecule has 1 aromatic carbocycles. The van der Waals surface area contributed by atoms with Gasteiger partial charge < -0.3 is 14.4 Å². The van der Waals surface area contributed by atoms with Crippen LogP contribution in [0.4, 0.5) is 0 Å². The lowest BCUT2D eigenvalue weighted by atomic mass is 10.1. The molecule has 0 saturated carbocycles. The van der Waals surface area contributed by atoms with Gasteiger partial charge in [0.25, 0.3) is 5.91 Å². The number of hydrogen-bond donors (Lipinski definition) is 0. The number of aromatic nitrogens is 1. The fourth-order valence-electron chi connectivity index (χ4n) is 3.43. The third-order valence-electron chi connectivity index (χ3n) is 4.78. The van der Waals surface area contributed by atoms with Gasteiger partial charge in [0, 0.05) is 19.3 Å².